The molecule has 5 nitrogen and oxygen atoms in total. The highest BCUT2D eigenvalue weighted by Gasteiger charge is 2.30. The van der Waals surface area contributed by atoms with E-state index in [4.69, 9.17) is 11.6 Å². The number of hydrogen-bond donors (Lipinski definition) is 1. The molecule has 0 aliphatic rings. The lowest BCUT2D eigenvalue weighted by atomic mass is 10.2. The Morgan fingerprint density at radius 3 is 2.61 bits per heavy atom. The molecule has 0 saturated carbocycles. The van der Waals surface area contributed by atoms with Crippen LogP contribution in [-0.2, 0) is 12.6 Å². The minimum Gasteiger partial charge on any atom is -0.370 e. The van der Waals surface area contributed by atoms with Crippen LogP contribution in [0.25, 0.3) is 11.5 Å². The van der Waals surface area contributed by atoms with Gasteiger partial charge in [0.15, 0.2) is 5.82 Å². The molecule has 0 amide bonds. The number of aryl methyl sites for hydroxylation is 2. The average molecular weight is 408 g/mol. The molecule has 3 heterocycles. The number of nitrogens with one attached hydrogen (secondary N) is 1. The molecule has 0 spiro atoms. The molecule has 28 heavy (non-hydrogen) atoms. The predicted molar refractivity (Wildman–Crippen MR) is 101 cm³/mol. The van der Waals surface area contributed by atoms with Crippen molar-refractivity contribution < 1.29 is 13.2 Å². The first-order chi connectivity index (χ1) is 13.3. The fourth-order valence-electron chi connectivity index (χ4n) is 2.57. The Labute approximate surface area is 165 Å². The first-order valence-corrected chi connectivity index (χ1v) is 8.94. The van der Waals surface area contributed by atoms with E-state index in [0.29, 0.717) is 47.3 Å². The van der Waals surface area contributed by atoms with E-state index in [9.17, 15) is 13.2 Å². The fraction of sp³-hybridized carbons (Fsp3) is 0.263. The molecule has 0 saturated heterocycles. The first-order valence-electron chi connectivity index (χ1n) is 8.56. The van der Waals surface area contributed by atoms with Crippen molar-refractivity contribution in [2.75, 3.05) is 11.9 Å². The number of hydrogen-bond acceptors (Lipinski definition) is 5. The van der Waals surface area contributed by atoms with Crippen LogP contribution >= 0.6 is 11.6 Å². The van der Waals surface area contributed by atoms with Gasteiger partial charge in [0.1, 0.15) is 11.5 Å². The highest BCUT2D eigenvalue weighted by atomic mass is 35.5. The zero-order chi connectivity index (χ0) is 20.1. The Morgan fingerprint density at radius 2 is 1.89 bits per heavy atom. The van der Waals surface area contributed by atoms with Gasteiger partial charge in [0.25, 0.3) is 0 Å². The Bertz CT molecular complexity index is 948. The normalized spacial score (nSPS) is 11.5. The average Bonchev–Trinajstić information content (AvgIpc) is 2.68. The van der Waals surface area contributed by atoms with Gasteiger partial charge < -0.3 is 5.32 Å². The quantitative estimate of drug-likeness (QED) is 0.585. The van der Waals surface area contributed by atoms with Crippen molar-refractivity contribution in [3.8, 4) is 11.5 Å². The zero-order valence-corrected chi connectivity index (χ0v) is 15.7. The van der Waals surface area contributed by atoms with Gasteiger partial charge in [-0.1, -0.05) is 17.7 Å². The summed E-state index contributed by atoms with van der Waals surface area (Å²) in [6, 6.07) is 7.39. The van der Waals surface area contributed by atoms with E-state index in [0.717, 1.165) is 18.3 Å². The van der Waals surface area contributed by atoms with Crippen molar-refractivity contribution in [1.29, 1.82) is 0 Å². The second-order valence-corrected chi connectivity index (χ2v) is 6.44. The minimum absolute atomic E-state index is 0.175. The lowest BCUT2D eigenvalue weighted by Gasteiger charge is -2.11. The van der Waals surface area contributed by atoms with Gasteiger partial charge in [-0.3, -0.25) is 4.98 Å². The van der Waals surface area contributed by atoms with Gasteiger partial charge in [-0.2, -0.15) is 13.2 Å². The number of alkyl halides is 3. The summed E-state index contributed by atoms with van der Waals surface area (Å²) in [7, 11) is 0. The van der Waals surface area contributed by atoms with Crippen LogP contribution in [0.4, 0.5) is 19.0 Å². The third kappa shape index (κ3) is 4.95. The van der Waals surface area contributed by atoms with Gasteiger partial charge in [0.2, 0.25) is 0 Å². The summed E-state index contributed by atoms with van der Waals surface area (Å²) < 4.78 is 38.2. The highest BCUT2D eigenvalue weighted by molar-refractivity contribution is 6.31. The summed E-state index contributed by atoms with van der Waals surface area (Å²) in [5.41, 5.74) is 1.24. The fourth-order valence-corrected chi connectivity index (χ4v) is 2.75. The second kappa shape index (κ2) is 8.52. The summed E-state index contributed by atoms with van der Waals surface area (Å²) >= 11 is 6.32. The molecule has 1 N–H and O–H groups in total. The Morgan fingerprint density at radius 1 is 1.07 bits per heavy atom. The van der Waals surface area contributed by atoms with Crippen LogP contribution in [0.5, 0.6) is 0 Å². The van der Waals surface area contributed by atoms with Crippen molar-refractivity contribution in [3.05, 3.63) is 64.7 Å². The van der Waals surface area contributed by atoms with Gasteiger partial charge in [-0.15, -0.1) is 0 Å². The molecule has 0 aliphatic carbocycles. The lowest BCUT2D eigenvalue weighted by molar-refractivity contribution is -0.137. The van der Waals surface area contributed by atoms with Crippen LogP contribution < -0.4 is 5.32 Å². The standard InChI is InChI=1S/C19H17ClF3N5/c1-12-17(20)14(28-18(27-12)15-5-2-3-8-24-15)6-4-9-25-16-11-13(7-10-26-16)19(21,22)23/h2-3,5,7-8,10-11H,4,6,9H2,1H3,(H,25,26). The van der Waals surface area contributed by atoms with Crippen molar-refractivity contribution in [2.24, 2.45) is 0 Å². The maximum atomic E-state index is 12.7. The van der Waals surface area contributed by atoms with Crippen LogP contribution in [0.3, 0.4) is 0 Å². The number of anilines is 1. The van der Waals surface area contributed by atoms with Crippen LogP contribution in [0.1, 0.15) is 23.4 Å². The molecule has 0 unspecified atom stereocenters. The molecule has 0 atom stereocenters. The second-order valence-electron chi connectivity index (χ2n) is 6.07. The summed E-state index contributed by atoms with van der Waals surface area (Å²) in [6.45, 7) is 2.22. The highest BCUT2D eigenvalue weighted by Crippen LogP contribution is 2.30. The SMILES string of the molecule is Cc1nc(-c2ccccn2)nc(CCCNc2cc(C(F)(F)F)ccn2)c1Cl. The molecule has 3 rings (SSSR count). The molecule has 0 radical (unpaired) electrons. The molecular formula is C19H17ClF3N5. The van der Waals surface area contributed by atoms with E-state index in [1.54, 1.807) is 19.2 Å². The summed E-state index contributed by atoms with van der Waals surface area (Å²) in [5, 5.41) is 3.38. The lowest BCUT2D eigenvalue weighted by Crippen LogP contribution is -2.09. The predicted octanol–water partition coefficient (Wildman–Crippen LogP) is 4.96. The molecule has 9 heteroatoms. The molecule has 3 aromatic heterocycles. The van der Waals surface area contributed by atoms with E-state index in [1.165, 1.54) is 0 Å². The molecule has 0 aromatic carbocycles. The number of rotatable bonds is 6. The monoisotopic (exact) mass is 407 g/mol. The van der Waals surface area contributed by atoms with Crippen molar-refractivity contribution >= 4 is 17.4 Å². The Kier molecular flexibility index (Phi) is 6.08. The van der Waals surface area contributed by atoms with Crippen molar-refractivity contribution in [2.45, 2.75) is 25.9 Å². The van der Waals surface area contributed by atoms with Crippen molar-refractivity contribution in [1.82, 2.24) is 19.9 Å². The van der Waals surface area contributed by atoms with Crippen LogP contribution in [0.15, 0.2) is 42.7 Å². The molecule has 3 aromatic rings. The van der Waals surface area contributed by atoms with Gasteiger partial charge >= 0.3 is 6.18 Å². The molecular weight excluding hydrogens is 391 g/mol. The van der Waals surface area contributed by atoms with E-state index < -0.39 is 11.7 Å². The third-order valence-corrected chi connectivity index (χ3v) is 4.45. The largest absolute Gasteiger partial charge is 0.416 e. The van der Waals surface area contributed by atoms with Crippen LogP contribution in [0.2, 0.25) is 5.02 Å². The number of aromatic nitrogens is 4. The Hall–Kier alpha value is -2.74. The molecule has 0 aliphatic heterocycles. The van der Waals surface area contributed by atoms with E-state index in [-0.39, 0.29) is 5.82 Å². The maximum absolute atomic E-state index is 12.7. The summed E-state index contributed by atoms with van der Waals surface area (Å²) in [4.78, 5) is 17.0. The maximum Gasteiger partial charge on any atom is 0.416 e. The van der Waals surface area contributed by atoms with E-state index in [2.05, 4.69) is 25.3 Å². The van der Waals surface area contributed by atoms with Gasteiger partial charge in [-0.25, -0.2) is 15.0 Å². The minimum atomic E-state index is -4.40. The number of pyridine rings is 2. The van der Waals surface area contributed by atoms with Gasteiger partial charge in [0.05, 0.1) is 22.0 Å². The van der Waals surface area contributed by atoms with Crippen LogP contribution in [0, 0.1) is 6.92 Å². The molecule has 146 valence electrons. The Balaban J connectivity index is 1.64. The van der Waals surface area contributed by atoms with E-state index in [1.807, 2.05) is 12.1 Å². The van der Waals surface area contributed by atoms with Gasteiger partial charge in [-0.05, 0) is 44.0 Å². The van der Waals surface area contributed by atoms with Crippen molar-refractivity contribution in [3.63, 3.8) is 0 Å². The third-order valence-electron chi connectivity index (χ3n) is 3.96. The smallest absolute Gasteiger partial charge is 0.370 e. The number of nitrogens with zero attached hydrogens (tertiary/aromatic N) is 4. The molecule has 0 fully saturated rings. The number of halogens is 4. The summed E-state index contributed by atoms with van der Waals surface area (Å²) in [6.07, 6.45) is -0.458. The van der Waals surface area contributed by atoms with Gasteiger partial charge in [0, 0.05) is 18.9 Å². The molecule has 0 bridgehead atoms. The van der Waals surface area contributed by atoms with Crippen LogP contribution in [-0.4, -0.2) is 26.5 Å². The zero-order valence-electron chi connectivity index (χ0n) is 15.0. The van der Waals surface area contributed by atoms with E-state index >= 15 is 0 Å². The first kappa shape index (κ1) is 20.0. The topological polar surface area (TPSA) is 63.6 Å². The summed E-state index contributed by atoms with van der Waals surface area (Å²) in [5.74, 6) is 0.666.